The van der Waals surface area contributed by atoms with Crippen LogP contribution < -0.4 is 0 Å². The lowest BCUT2D eigenvalue weighted by Crippen LogP contribution is -2.35. The Kier molecular flexibility index (Phi) is 6.25. The van der Waals surface area contributed by atoms with Crippen molar-refractivity contribution in [3.8, 4) is 6.07 Å². The van der Waals surface area contributed by atoms with Gasteiger partial charge in [-0.1, -0.05) is 12.1 Å². The lowest BCUT2D eigenvalue weighted by Gasteiger charge is -2.35. The maximum atomic E-state index is 12.7. The Morgan fingerprint density at radius 1 is 1.33 bits per heavy atom. The van der Waals surface area contributed by atoms with E-state index in [0.29, 0.717) is 13.2 Å². The van der Waals surface area contributed by atoms with Crippen molar-refractivity contribution in [2.75, 3.05) is 26.7 Å². The Hall–Kier alpha value is -1.58. The molecule has 2 rings (SSSR count). The van der Waals surface area contributed by atoms with Crippen LogP contribution in [0.2, 0.25) is 0 Å². The molecule has 1 saturated heterocycles. The molecular weight excluding hydrogens is 317 g/mol. The second-order valence-corrected chi connectivity index (χ2v) is 6.56. The number of hydrogen-bond donors (Lipinski definition) is 0. The molecule has 1 aromatic rings. The first-order chi connectivity index (χ1) is 11.3. The van der Waals surface area contributed by atoms with Crippen molar-refractivity contribution in [1.29, 1.82) is 5.26 Å². The first kappa shape index (κ1) is 18.8. The zero-order valence-corrected chi connectivity index (χ0v) is 14.0. The van der Waals surface area contributed by atoms with Gasteiger partial charge < -0.3 is 9.64 Å². The summed E-state index contributed by atoms with van der Waals surface area (Å²) in [6, 6.07) is 7.49. The van der Waals surface area contributed by atoms with E-state index in [-0.39, 0.29) is 17.9 Å². The molecule has 0 radical (unpaired) electrons. The highest BCUT2D eigenvalue weighted by Gasteiger charge is 2.32. The van der Waals surface area contributed by atoms with E-state index in [4.69, 9.17) is 10.00 Å². The summed E-state index contributed by atoms with van der Waals surface area (Å²) in [4.78, 5) is 2.10. The van der Waals surface area contributed by atoms with Gasteiger partial charge in [-0.2, -0.15) is 18.4 Å². The molecule has 0 amide bonds. The average Bonchev–Trinajstić information content (AvgIpc) is 2.54. The Bertz CT molecular complexity index is 565. The predicted octanol–water partition coefficient (Wildman–Crippen LogP) is 4.26. The average molecular weight is 340 g/mol. The summed E-state index contributed by atoms with van der Waals surface area (Å²) in [5.74, 6) is 0.162. The third kappa shape index (κ3) is 4.96. The Balaban J connectivity index is 2.07. The summed E-state index contributed by atoms with van der Waals surface area (Å²) >= 11 is 0. The van der Waals surface area contributed by atoms with Gasteiger partial charge in [0.2, 0.25) is 0 Å². The minimum Gasteiger partial charge on any atom is -0.373 e. The molecule has 1 fully saturated rings. The normalized spacial score (nSPS) is 23.0. The van der Waals surface area contributed by atoms with Gasteiger partial charge in [0, 0.05) is 25.6 Å². The van der Waals surface area contributed by atoms with Gasteiger partial charge in [-0.05, 0) is 44.5 Å². The number of ether oxygens (including phenoxy) is 1. The Labute approximate surface area is 141 Å². The molecule has 0 spiro atoms. The van der Waals surface area contributed by atoms with Crippen molar-refractivity contribution < 1.29 is 17.9 Å². The molecule has 0 N–H and O–H groups in total. The van der Waals surface area contributed by atoms with Gasteiger partial charge in [0.25, 0.3) is 0 Å². The minimum atomic E-state index is -4.32. The van der Waals surface area contributed by atoms with Gasteiger partial charge >= 0.3 is 6.18 Å². The van der Waals surface area contributed by atoms with Crippen LogP contribution in [0.3, 0.4) is 0 Å². The van der Waals surface area contributed by atoms with E-state index in [2.05, 4.69) is 11.0 Å². The Morgan fingerprint density at radius 3 is 2.58 bits per heavy atom. The highest BCUT2D eigenvalue weighted by atomic mass is 19.4. The topological polar surface area (TPSA) is 36.3 Å². The third-order valence-corrected chi connectivity index (χ3v) is 4.36. The van der Waals surface area contributed by atoms with Gasteiger partial charge in [0.05, 0.1) is 23.7 Å². The summed E-state index contributed by atoms with van der Waals surface area (Å²) in [6.07, 6.45) is -2.60. The molecule has 0 aliphatic carbocycles. The van der Waals surface area contributed by atoms with Crippen LogP contribution in [0.4, 0.5) is 13.2 Å². The van der Waals surface area contributed by atoms with Crippen LogP contribution in [-0.4, -0.2) is 31.6 Å². The number of alkyl halides is 3. The molecule has 0 aromatic heterocycles. The fourth-order valence-electron chi connectivity index (χ4n) is 3.24. The van der Waals surface area contributed by atoms with Crippen LogP contribution in [0.1, 0.15) is 37.0 Å². The van der Waals surface area contributed by atoms with Crippen molar-refractivity contribution in [3.63, 3.8) is 0 Å². The van der Waals surface area contributed by atoms with Gasteiger partial charge in [-0.15, -0.1) is 0 Å². The first-order valence-electron chi connectivity index (χ1n) is 8.18. The summed E-state index contributed by atoms with van der Waals surface area (Å²) in [5.41, 5.74) is 0.146. The monoisotopic (exact) mass is 340 g/mol. The Morgan fingerprint density at radius 2 is 2.00 bits per heavy atom. The second kappa shape index (κ2) is 8.00. The van der Waals surface area contributed by atoms with Crippen molar-refractivity contribution in [2.24, 2.45) is 11.8 Å². The summed E-state index contributed by atoms with van der Waals surface area (Å²) in [5, 5.41) is 8.92. The SMILES string of the molecule is C[C@H](C#N)CN(C)C[C@@H]1CCCO[C@H]1c1ccc(C(F)(F)F)cc1. The highest BCUT2D eigenvalue weighted by Crippen LogP contribution is 2.36. The smallest absolute Gasteiger partial charge is 0.373 e. The molecule has 1 aromatic carbocycles. The number of nitrogens with zero attached hydrogens (tertiary/aromatic N) is 2. The van der Waals surface area contributed by atoms with E-state index in [1.54, 1.807) is 0 Å². The quantitative estimate of drug-likeness (QED) is 0.803. The van der Waals surface area contributed by atoms with E-state index >= 15 is 0 Å². The van der Waals surface area contributed by atoms with E-state index in [1.165, 1.54) is 12.1 Å². The molecule has 3 atom stereocenters. The van der Waals surface area contributed by atoms with Crippen molar-refractivity contribution in [3.05, 3.63) is 35.4 Å². The summed E-state index contributed by atoms with van der Waals surface area (Å²) < 4.78 is 44.0. The number of halogens is 3. The van der Waals surface area contributed by atoms with Crippen LogP contribution in [0.25, 0.3) is 0 Å². The summed E-state index contributed by atoms with van der Waals surface area (Å²) in [6.45, 7) is 3.94. The molecule has 24 heavy (non-hydrogen) atoms. The van der Waals surface area contributed by atoms with E-state index in [9.17, 15) is 13.2 Å². The molecule has 1 heterocycles. The molecule has 0 bridgehead atoms. The van der Waals surface area contributed by atoms with Crippen LogP contribution in [0.15, 0.2) is 24.3 Å². The summed E-state index contributed by atoms with van der Waals surface area (Å²) in [7, 11) is 1.96. The van der Waals surface area contributed by atoms with E-state index in [0.717, 1.165) is 37.1 Å². The van der Waals surface area contributed by atoms with Crippen LogP contribution in [-0.2, 0) is 10.9 Å². The maximum Gasteiger partial charge on any atom is 0.416 e. The van der Waals surface area contributed by atoms with E-state index < -0.39 is 11.7 Å². The van der Waals surface area contributed by atoms with Gasteiger partial charge in [-0.3, -0.25) is 0 Å². The fraction of sp³-hybridized carbons (Fsp3) is 0.611. The molecule has 132 valence electrons. The molecule has 1 aliphatic rings. The van der Waals surface area contributed by atoms with Crippen LogP contribution >= 0.6 is 0 Å². The molecule has 1 aliphatic heterocycles. The van der Waals surface area contributed by atoms with Gasteiger partial charge in [-0.25, -0.2) is 0 Å². The minimum absolute atomic E-state index is 0.0518. The maximum absolute atomic E-state index is 12.7. The molecule has 6 heteroatoms. The first-order valence-corrected chi connectivity index (χ1v) is 8.18. The number of nitriles is 1. The molecule has 0 unspecified atom stereocenters. The zero-order valence-electron chi connectivity index (χ0n) is 14.0. The van der Waals surface area contributed by atoms with Crippen molar-refractivity contribution >= 4 is 0 Å². The number of rotatable bonds is 5. The van der Waals surface area contributed by atoms with Crippen molar-refractivity contribution in [1.82, 2.24) is 4.90 Å². The van der Waals surface area contributed by atoms with Crippen LogP contribution in [0.5, 0.6) is 0 Å². The van der Waals surface area contributed by atoms with Gasteiger partial charge in [0.15, 0.2) is 0 Å². The number of benzene rings is 1. The highest BCUT2D eigenvalue weighted by molar-refractivity contribution is 5.26. The molecule has 0 saturated carbocycles. The third-order valence-electron chi connectivity index (χ3n) is 4.36. The fourth-order valence-corrected chi connectivity index (χ4v) is 3.24. The number of hydrogen-bond acceptors (Lipinski definition) is 3. The predicted molar refractivity (Wildman–Crippen MR) is 85.1 cm³/mol. The second-order valence-electron chi connectivity index (χ2n) is 6.56. The van der Waals surface area contributed by atoms with E-state index in [1.807, 2.05) is 14.0 Å². The van der Waals surface area contributed by atoms with Gasteiger partial charge in [0.1, 0.15) is 0 Å². The molecular formula is C18H23F3N2O. The lowest BCUT2D eigenvalue weighted by molar-refractivity contribution is -0.137. The van der Waals surface area contributed by atoms with Crippen LogP contribution in [0, 0.1) is 23.2 Å². The largest absolute Gasteiger partial charge is 0.416 e. The molecule has 3 nitrogen and oxygen atoms in total. The van der Waals surface area contributed by atoms with Crippen molar-refractivity contribution in [2.45, 2.75) is 32.0 Å². The lowest BCUT2D eigenvalue weighted by atomic mass is 9.88. The standard InChI is InChI=1S/C18H23F3N2O/c1-13(10-22)11-23(2)12-15-4-3-9-24-17(15)14-5-7-16(8-6-14)18(19,20)21/h5-8,13,15,17H,3-4,9,11-12H2,1-2H3/t13-,15+,17+/m1/s1. The zero-order chi connectivity index (χ0) is 17.7.